The van der Waals surface area contributed by atoms with E-state index in [1.807, 2.05) is 60.5 Å². The first-order chi connectivity index (χ1) is 13.4. The zero-order chi connectivity index (χ0) is 19.7. The SMILES string of the molecule is CN1C[C@H](c2ccc(Br)cc2)[C@]2(SC(=S)NC2=O)[C@]12C(=O)Nc1ccccc12. The lowest BCUT2D eigenvalue weighted by atomic mass is 9.72. The number of halogens is 1. The summed E-state index contributed by atoms with van der Waals surface area (Å²) in [5.74, 6) is -0.581. The maximum Gasteiger partial charge on any atom is 0.251 e. The first kappa shape index (κ1) is 18.3. The third kappa shape index (κ3) is 2.09. The molecule has 5 nitrogen and oxygen atoms in total. The van der Waals surface area contributed by atoms with Crippen LogP contribution in [0.25, 0.3) is 0 Å². The molecule has 2 amide bonds. The number of nitrogens with zero attached hydrogens (tertiary/aromatic N) is 1. The zero-order valence-electron chi connectivity index (χ0n) is 14.9. The monoisotopic (exact) mass is 473 g/mol. The van der Waals surface area contributed by atoms with Crippen molar-refractivity contribution in [3.63, 3.8) is 0 Å². The number of thioether (sulfide) groups is 1. The van der Waals surface area contributed by atoms with Gasteiger partial charge in [-0.25, -0.2) is 0 Å². The first-order valence-electron chi connectivity index (χ1n) is 8.83. The fourth-order valence-electron chi connectivity index (χ4n) is 4.97. The summed E-state index contributed by atoms with van der Waals surface area (Å²) < 4.78 is 0.303. The van der Waals surface area contributed by atoms with Gasteiger partial charge >= 0.3 is 0 Å². The maximum absolute atomic E-state index is 13.5. The van der Waals surface area contributed by atoms with E-state index < -0.39 is 10.3 Å². The molecule has 0 radical (unpaired) electrons. The Hall–Kier alpha value is -1.74. The van der Waals surface area contributed by atoms with Crippen molar-refractivity contribution in [1.82, 2.24) is 10.2 Å². The van der Waals surface area contributed by atoms with Gasteiger partial charge in [-0.1, -0.05) is 70.2 Å². The molecule has 0 aromatic heterocycles. The number of carbonyl (C=O) groups is 2. The van der Waals surface area contributed by atoms with Crippen molar-refractivity contribution in [3.8, 4) is 0 Å². The highest BCUT2D eigenvalue weighted by molar-refractivity contribution is 9.10. The lowest BCUT2D eigenvalue weighted by Crippen LogP contribution is -2.61. The molecule has 2 aromatic carbocycles. The van der Waals surface area contributed by atoms with Gasteiger partial charge in [0.15, 0.2) is 5.54 Å². The quantitative estimate of drug-likeness (QED) is 0.622. The van der Waals surface area contributed by atoms with Crippen molar-refractivity contribution in [3.05, 3.63) is 64.1 Å². The molecule has 2 aromatic rings. The van der Waals surface area contributed by atoms with Gasteiger partial charge in [0, 0.05) is 28.2 Å². The van der Waals surface area contributed by atoms with Crippen molar-refractivity contribution in [1.29, 1.82) is 0 Å². The van der Waals surface area contributed by atoms with E-state index in [0.29, 0.717) is 10.9 Å². The number of amides is 2. The summed E-state index contributed by atoms with van der Waals surface area (Å²) in [5, 5.41) is 5.83. The highest BCUT2D eigenvalue weighted by atomic mass is 79.9. The highest BCUT2D eigenvalue weighted by Crippen LogP contribution is 2.64. The van der Waals surface area contributed by atoms with Gasteiger partial charge in [-0.2, -0.15) is 0 Å². The number of nitrogens with one attached hydrogen (secondary N) is 2. The van der Waals surface area contributed by atoms with Crippen molar-refractivity contribution < 1.29 is 9.59 Å². The predicted molar refractivity (Wildman–Crippen MR) is 117 cm³/mol. The summed E-state index contributed by atoms with van der Waals surface area (Å²) in [7, 11) is 1.91. The standard InChI is InChI=1S/C20H16BrN3O2S2/c1-24-10-14(11-6-8-12(21)9-7-11)20(17(26)23-18(27)28-20)19(24)13-4-2-3-5-15(13)22-16(19)25/h2-9,14H,10H2,1H3,(H,22,25)(H,23,26,27)/t14-,19+,20-/m1/s1. The minimum atomic E-state index is -1.13. The third-order valence-corrected chi connectivity index (χ3v) is 8.29. The molecule has 0 unspecified atom stereocenters. The van der Waals surface area contributed by atoms with E-state index in [4.69, 9.17) is 12.2 Å². The minimum Gasteiger partial charge on any atom is -0.324 e. The van der Waals surface area contributed by atoms with Gasteiger partial charge in [-0.05, 0) is 30.8 Å². The number of likely N-dealkylation sites (tertiary alicyclic amines) is 1. The summed E-state index contributed by atoms with van der Waals surface area (Å²) in [5.41, 5.74) is 1.46. The van der Waals surface area contributed by atoms with Crippen molar-refractivity contribution in [2.24, 2.45) is 0 Å². The second-order valence-corrected chi connectivity index (χ2v) is 10.1. The number of hydrogen-bond donors (Lipinski definition) is 2. The van der Waals surface area contributed by atoms with Crippen LogP contribution in [0, 0.1) is 0 Å². The number of carbonyl (C=O) groups excluding carboxylic acids is 2. The molecule has 3 heterocycles. The predicted octanol–water partition coefficient (Wildman–Crippen LogP) is 3.21. The van der Waals surface area contributed by atoms with E-state index in [0.717, 1.165) is 21.3 Å². The second kappa shape index (κ2) is 6.13. The lowest BCUT2D eigenvalue weighted by molar-refractivity contribution is -0.133. The van der Waals surface area contributed by atoms with Gasteiger partial charge < -0.3 is 10.6 Å². The van der Waals surface area contributed by atoms with Gasteiger partial charge in [0.05, 0.1) is 0 Å². The highest BCUT2D eigenvalue weighted by Gasteiger charge is 2.76. The number of rotatable bonds is 1. The molecule has 8 heteroatoms. The molecular formula is C20H16BrN3O2S2. The average molecular weight is 474 g/mol. The van der Waals surface area contributed by atoms with Gasteiger partial charge in [0.2, 0.25) is 5.91 Å². The topological polar surface area (TPSA) is 61.4 Å². The summed E-state index contributed by atoms with van der Waals surface area (Å²) in [6.07, 6.45) is 0. The molecule has 2 spiro atoms. The van der Waals surface area contributed by atoms with Crippen LogP contribution in [0.5, 0.6) is 0 Å². The number of benzene rings is 2. The molecule has 5 rings (SSSR count). The molecule has 3 aliphatic rings. The molecule has 3 atom stereocenters. The van der Waals surface area contributed by atoms with E-state index in [9.17, 15) is 9.59 Å². The van der Waals surface area contributed by atoms with Gasteiger partial charge in [0.25, 0.3) is 5.91 Å². The fraction of sp³-hybridized carbons (Fsp3) is 0.250. The van der Waals surface area contributed by atoms with E-state index >= 15 is 0 Å². The summed E-state index contributed by atoms with van der Waals surface area (Å²) in [6, 6.07) is 15.6. The molecule has 2 saturated heterocycles. The van der Waals surface area contributed by atoms with Crippen LogP contribution >= 0.6 is 39.9 Å². The zero-order valence-corrected chi connectivity index (χ0v) is 18.1. The Morgan fingerprint density at radius 3 is 2.50 bits per heavy atom. The van der Waals surface area contributed by atoms with Crippen LogP contribution in [0.2, 0.25) is 0 Å². The Morgan fingerprint density at radius 2 is 1.82 bits per heavy atom. The second-order valence-electron chi connectivity index (χ2n) is 7.27. The molecule has 142 valence electrons. The van der Waals surface area contributed by atoms with Crippen molar-refractivity contribution >= 4 is 61.7 Å². The van der Waals surface area contributed by atoms with Crippen LogP contribution in [0.1, 0.15) is 17.0 Å². The Kier molecular flexibility index (Phi) is 4.00. The number of hydrogen-bond acceptors (Lipinski definition) is 5. The minimum absolute atomic E-state index is 0.178. The number of anilines is 1. The molecular weight excluding hydrogens is 458 g/mol. The van der Waals surface area contributed by atoms with Crippen LogP contribution in [0.3, 0.4) is 0 Å². The third-order valence-electron chi connectivity index (χ3n) is 6.03. The maximum atomic E-state index is 13.5. The largest absolute Gasteiger partial charge is 0.324 e. The summed E-state index contributed by atoms with van der Waals surface area (Å²) in [6.45, 7) is 0.562. The fourth-order valence-corrected chi connectivity index (χ4v) is 7.16. The van der Waals surface area contributed by atoms with E-state index in [2.05, 4.69) is 26.6 Å². The van der Waals surface area contributed by atoms with Gasteiger partial charge in [-0.15, -0.1) is 0 Å². The van der Waals surface area contributed by atoms with Crippen LogP contribution < -0.4 is 10.6 Å². The van der Waals surface area contributed by atoms with Crippen LogP contribution in [0.4, 0.5) is 5.69 Å². The number of fused-ring (bicyclic) bond motifs is 3. The first-order valence-corrected chi connectivity index (χ1v) is 10.8. The van der Waals surface area contributed by atoms with Gasteiger partial charge in [-0.3, -0.25) is 14.5 Å². The summed E-state index contributed by atoms with van der Waals surface area (Å²) >= 11 is 10.2. The number of likely N-dealkylation sites (N-methyl/N-ethyl adjacent to an activating group) is 1. The van der Waals surface area contributed by atoms with Crippen molar-refractivity contribution in [2.45, 2.75) is 16.2 Å². The Morgan fingerprint density at radius 1 is 1.11 bits per heavy atom. The Labute approximate surface area is 180 Å². The number of thiocarbonyl (C=S) groups is 1. The Bertz CT molecular complexity index is 1040. The van der Waals surface area contributed by atoms with Crippen LogP contribution in [-0.2, 0) is 15.1 Å². The Balaban J connectivity index is 1.81. The molecule has 2 N–H and O–H groups in total. The molecule has 0 aliphatic carbocycles. The lowest BCUT2D eigenvalue weighted by Gasteiger charge is -2.41. The molecule has 3 aliphatic heterocycles. The van der Waals surface area contributed by atoms with E-state index in [1.54, 1.807) is 0 Å². The smallest absolute Gasteiger partial charge is 0.251 e. The van der Waals surface area contributed by atoms with Crippen LogP contribution in [-0.4, -0.2) is 39.4 Å². The number of para-hydroxylation sites is 1. The molecule has 0 bridgehead atoms. The molecule has 28 heavy (non-hydrogen) atoms. The van der Waals surface area contributed by atoms with Crippen LogP contribution in [0.15, 0.2) is 53.0 Å². The average Bonchev–Trinajstić information content (AvgIpc) is 3.23. The van der Waals surface area contributed by atoms with Gasteiger partial charge in [0.1, 0.15) is 9.07 Å². The van der Waals surface area contributed by atoms with E-state index in [-0.39, 0.29) is 17.7 Å². The molecule has 0 saturated carbocycles. The normalized spacial score (nSPS) is 31.5. The summed E-state index contributed by atoms with van der Waals surface area (Å²) in [4.78, 5) is 29.0. The van der Waals surface area contributed by atoms with E-state index in [1.165, 1.54) is 11.8 Å². The van der Waals surface area contributed by atoms with Crippen molar-refractivity contribution in [2.75, 3.05) is 18.9 Å². The molecule has 2 fully saturated rings.